The lowest BCUT2D eigenvalue weighted by Crippen LogP contribution is -1.84. The lowest BCUT2D eigenvalue weighted by atomic mass is 9.94. The predicted molar refractivity (Wildman–Crippen MR) is 89.0 cm³/mol. The van der Waals surface area contributed by atoms with Gasteiger partial charge in [-0.15, -0.1) is 0 Å². The number of hydrogen-bond acceptors (Lipinski definition) is 0. The molecule has 0 saturated carbocycles. The molecule has 0 nitrogen and oxygen atoms in total. The molecule has 0 radical (unpaired) electrons. The van der Waals surface area contributed by atoms with Gasteiger partial charge in [-0.3, -0.25) is 0 Å². The Balaban J connectivity index is 2.46. The maximum absolute atomic E-state index is 6.46. The average Bonchev–Trinajstić information content (AvgIpc) is 2.47. The van der Waals surface area contributed by atoms with Crippen LogP contribution >= 0.6 is 23.2 Å². The number of rotatable bonds is 0. The molecule has 0 aliphatic carbocycles. The van der Waals surface area contributed by atoms with Gasteiger partial charge in [0.1, 0.15) is 0 Å². The van der Waals surface area contributed by atoms with Gasteiger partial charge in [-0.25, -0.2) is 0 Å². The van der Waals surface area contributed by atoms with Gasteiger partial charge >= 0.3 is 0 Å². The first-order valence-electron chi connectivity index (χ1n) is 6.44. The van der Waals surface area contributed by atoms with Crippen LogP contribution in [0.2, 0.25) is 10.0 Å². The van der Waals surface area contributed by atoms with Crippen molar-refractivity contribution < 1.29 is 0 Å². The maximum atomic E-state index is 6.46. The van der Waals surface area contributed by atoms with E-state index in [0.717, 1.165) is 10.8 Å². The van der Waals surface area contributed by atoms with Crippen LogP contribution in [-0.4, -0.2) is 0 Å². The Morgan fingerprint density at radius 3 is 1.70 bits per heavy atom. The molecule has 4 aromatic rings. The lowest BCUT2D eigenvalue weighted by Gasteiger charge is -2.11. The van der Waals surface area contributed by atoms with E-state index >= 15 is 0 Å². The molecule has 2 heteroatoms. The molecular weight excluding hydrogens is 287 g/mol. The summed E-state index contributed by atoms with van der Waals surface area (Å²) in [4.78, 5) is 0. The summed E-state index contributed by atoms with van der Waals surface area (Å²) in [6.45, 7) is 0. The van der Waals surface area contributed by atoms with E-state index in [9.17, 15) is 0 Å². The van der Waals surface area contributed by atoms with Crippen molar-refractivity contribution >= 4 is 55.5 Å². The highest BCUT2D eigenvalue weighted by Gasteiger charge is 2.11. The van der Waals surface area contributed by atoms with E-state index in [1.165, 1.54) is 21.5 Å². The second kappa shape index (κ2) is 4.37. The van der Waals surface area contributed by atoms with Crippen molar-refractivity contribution in [2.75, 3.05) is 0 Å². The summed E-state index contributed by atoms with van der Waals surface area (Å²) in [5.74, 6) is 0. The third kappa shape index (κ3) is 1.62. The fourth-order valence-corrected chi connectivity index (χ4v) is 3.54. The second-order valence-corrected chi connectivity index (χ2v) is 5.74. The molecule has 20 heavy (non-hydrogen) atoms. The number of benzene rings is 4. The highest BCUT2D eigenvalue weighted by atomic mass is 35.5. The van der Waals surface area contributed by atoms with Crippen LogP contribution in [0.1, 0.15) is 0 Å². The highest BCUT2D eigenvalue weighted by Crippen LogP contribution is 2.39. The summed E-state index contributed by atoms with van der Waals surface area (Å²) >= 11 is 12.6. The van der Waals surface area contributed by atoms with E-state index in [2.05, 4.69) is 36.4 Å². The zero-order valence-corrected chi connectivity index (χ0v) is 12.0. The zero-order chi connectivity index (χ0) is 13.7. The molecular formula is C18H10Cl2. The van der Waals surface area contributed by atoms with Crippen LogP contribution < -0.4 is 0 Å². The third-order valence-electron chi connectivity index (χ3n) is 3.76. The zero-order valence-electron chi connectivity index (χ0n) is 10.5. The fraction of sp³-hybridized carbons (Fsp3) is 0. The van der Waals surface area contributed by atoms with Gasteiger partial charge in [-0.2, -0.15) is 0 Å². The largest absolute Gasteiger partial charge is 0.0843 e. The van der Waals surface area contributed by atoms with E-state index < -0.39 is 0 Å². The van der Waals surface area contributed by atoms with Crippen molar-refractivity contribution in [3.05, 3.63) is 70.7 Å². The van der Waals surface area contributed by atoms with Crippen LogP contribution in [0.15, 0.2) is 60.7 Å². The number of halogens is 2. The van der Waals surface area contributed by atoms with Crippen molar-refractivity contribution in [3.8, 4) is 0 Å². The molecule has 0 atom stereocenters. The van der Waals surface area contributed by atoms with Crippen molar-refractivity contribution in [1.82, 2.24) is 0 Å². The van der Waals surface area contributed by atoms with Gasteiger partial charge in [0.15, 0.2) is 0 Å². The number of hydrogen-bond donors (Lipinski definition) is 0. The van der Waals surface area contributed by atoms with Crippen LogP contribution in [0.25, 0.3) is 32.3 Å². The summed E-state index contributed by atoms with van der Waals surface area (Å²) in [7, 11) is 0. The van der Waals surface area contributed by atoms with Crippen molar-refractivity contribution in [2.45, 2.75) is 0 Å². The summed E-state index contributed by atoms with van der Waals surface area (Å²) in [5.41, 5.74) is 0. The average molecular weight is 297 g/mol. The summed E-state index contributed by atoms with van der Waals surface area (Å²) in [5, 5.41) is 8.36. The van der Waals surface area contributed by atoms with Crippen LogP contribution in [0.5, 0.6) is 0 Å². The molecule has 0 aliphatic heterocycles. The molecule has 0 bridgehead atoms. The molecule has 0 aromatic heterocycles. The lowest BCUT2D eigenvalue weighted by molar-refractivity contribution is 1.77. The van der Waals surface area contributed by atoms with Gasteiger partial charge in [0.2, 0.25) is 0 Å². The molecule has 0 heterocycles. The SMILES string of the molecule is Clc1cc(Cl)c2c3ccccc3c3ccccc3c2c1. The third-order valence-corrected chi connectivity index (χ3v) is 4.28. The van der Waals surface area contributed by atoms with Crippen LogP contribution in [0.4, 0.5) is 0 Å². The predicted octanol–water partition coefficient (Wildman–Crippen LogP) is 6.45. The Bertz CT molecular complexity index is 971. The van der Waals surface area contributed by atoms with Crippen LogP contribution in [-0.2, 0) is 0 Å². The minimum Gasteiger partial charge on any atom is -0.0843 e. The van der Waals surface area contributed by atoms with Gasteiger partial charge < -0.3 is 0 Å². The molecule has 4 aromatic carbocycles. The molecule has 0 spiro atoms. The molecule has 0 N–H and O–H groups in total. The van der Waals surface area contributed by atoms with Crippen molar-refractivity contribution in [1.29, 1.82) is 0 Å². The van der Waals surface area contributed by atoms with Crippen LogP contribution in [0.3, 0.4) is 0 Å². The summed E-state index contributed by atoms with van der Waals surface area (Å²) < 4.78 is 0. The Morgan fingerprint density at radius 1 is 0.550 bits per heavy atom. The van der Waals surface area contributed by atoms with E-state index in [4.69, 9.17) is 23.2 Å². The fourth-order valence-electron chi connectivity index (χ4n) is 2.95. The number of fused-ring (bicyclic) bond motifs is 6. The molecule has 96 valence electrons. The molecule has 0 saturated heterocycles. The van der Waals surface area contributed by atoms with Crippen molar-refractivity contribution in [3.63, 3.8) is 0 Å². The van der Waals surface area contributed by atoms with E-state index in [1.807, 2.05) is 24.3 Å². The minimum atomic E-state index is 0.669. The van der Waals surface area contributed by atoms with Gasteiger partial charge in [-0.05, 0) is 39.1 Å². The second-order valence-electron chi connectivity index (χ2n) is 4.90. The Morgan fingerprint density at radius 2 is 1.05 bits per heavy atom. The summed E-state index contributed by atoms with van der Waals surface area (Å²) in [6, 6.07) is 20.5. The monoisotopic (exact) mass is 296 g/mol. The molecule has 0 unspecified atom stereocenters. The molecule has 0 fully saturated rings. The van der Waals surface area contributed by atoms with Gasteiger partial charge in [-0.1, -0.05) is 71.7 Å². The Hall–Kier alpha value is -1.76. The van der Waals surface area contributed by atoms with E-state index in [1.54, 1.807) is 0 Å². The molecule has 0 amide bonds. The Kier molecular flexibility index (Phi) is 2.63. The maximum Gasteiger partial charge on any atom is 0.0505 e. The molecule has 4 rings (SSSR count). The van der Waals surface area contributed by atoms with Gasteiger partial charge in [0.05, 0.1) is 5.02 Å². The first-order valence-corrected chi connectivity index (χ1v) is 7.19. The van der Waals surface area contributed by atoms with Crippen molar-refractivity contribution in [2.24, 2.45) is 0 Å². The highest BCUT2D eigenvalue weighted by molar-refractivity contribution is 6.43. The van der Waals surface area contributed by atoms with Gasteiger partial charge in [0, 0.05) is 10.4 Å². The van der Waals surface area contributed by atoms with E-state index in [0.29, 0.717) is 10.0 Å². The normalized spacial score (nSPS) is 11.5. The smallest absolute Gasteiger partial charge is 0.0505 e. The van der Waals surface area contributed by atoms with Gasteiger partial charge in [0.25, 0.3) is 0 Å². The van der Waals surface area contributed by atoms with Crippen LogP contribution in [0, 0.1) is 0 Å². The summed E-state index contributed by atoms with van der Waals surface area (Å²) in [6.07, 6.45) is 0. The minimum absolute atomic E-state index is 0.669. The standard InChI is InChI=1S/C18H10Cl2/c19-11-9-16-14-7-2-1-5-12(14)13-6-3-4-8-15(13)18(16)17(20)10-11/h1-10H. The first-order chi connectivity index (χ1) is 9.75. The topological polar surface area (TPSA) is 0 Å². The Labute approximate surface area is 126 Å². The first kappa shape index (κ1) is 12.0. The molecule has 0 aliphatic rings. The quantitative estimate of drug-likeness (QED) is 0.327. The van der Waals surface area contributed by atoms with E-state index in [-0.39, 0.29) is 0 Å².